The molecule has 2 aromatic carbocycles. The Labute approximate surface area is 97.5 Å². The summed E-state index contributed by atoms with van der Waals surface area (Å²) in [4.78, 5) is 11.9. The van der Waals surface area contributed by atoms with E-state index in [2.05, 4.69) is 0 Å². The summed E-state index contributed by atoms with van der Waals surface area (Å²) in [5, 5.41) is 11.8. The van der Waals surface area contributed by atoms with E-state index in [4.69, 9.17) is 12.2 Å². The number of aromatic hydroxyl groups is 1. The fraction of sp³-hybridized carbons (Fsp3) is 0.0769. The molecule has 0 atom stereocenters. The van der Waals surface area contributed by atoms with E-state index in [0.717, 1.165) is 16.3 Å². The first kappa shape index (κ1) is 9.48. The predicted octanol–water partition coefficient (Wildman–Crippen LogP) is 2.39. The molecule has 0 amide bonds. The zero-order valence-corrected chi connectivity index (χ0v) is 9.17. The molecule has 0 radical (unpaired) electrons. The van der Waals surface area contributed by atoms with Crippen LogP contribution in [0, 0.1) is 0 Å². The second kappa shape index (κ2) is 3.12. The van der Waals surface area contributed by atoms with Gasteiger partial charge in [-0.25, -0.2) is 0 Å². The van der Waals surface area contributed by atoms with Crippen molar-refractivity contribution >= 4 is 33.6 Å². The van der Waals surface area contributed by atoms with Gasteiger partial charge in [0.15, 0.2) is 5.78 Å². The van der Waals surface area contributed by atoms with E-state index in [0.29, 0.717) is 12.0 Å². The molecule has 0 aromatic heterocycles. The molecule has 0 bridgehead atoms. The molecule has 16 heavy (non-hydrogen) atoms. The lowest BCUT2D eigenvalue weighted by Gasteiger charge is -2.18. The van der Waals surface area contributed by atoms with E-state index < -0.39 is 0 Å². The van der Waals surface area contributed by atoms with Crippen molar-refractivity contribution in [2.45, 2.75) is 6.42 Å². The van der Waals surface area contributed by atoms with Crippen LogP contribution in [-0.4, -0.2) is 15.8 Å². The average Bonchev–Trinajstić information content (AvgIpc) is 2.28. The number of carbonyl (C=O) groups excluding carboxylic acids is 1. The topological polar surface area (TPSA) is 37.3 Å². The van der Waals surface area contributed by atoms with Crippen LogP contribution >= 0.6 is 12.2 Å². The first-order valence-corrected chi connectivity index (χ1v) is 5.40. The summed E-state index contributed by atoms with van der Waals surface area (Å²) < 4.78 is 0. The molecule has 0 fully saturated rings. The van der Waals surface area contributed by atoms with Crippen molar-refractivity contribution in [1.82, 2.24) is 0 Å². The third-order valence-electron chi connectivity index (χ3n) is 2.94. The largest absolute Gasteiger partial charge is 0.507 e. The van der Waals surface area contributed by atoms with Crippen molar-refractivity contribution in [3.05, 3.63) is 41.5 Å². The molecule has 3 rings (SSSR count). The summed E-state index contributed by atoms with van der Waals surface area (Å²) in [6, 6.07) is 9.22. The maximum atomic E-state index is 11.7. The lowest BCUT2D eigenvalue weighted by atomic mass is 9.87. The normalized spacial score (nSPS) is 14.5. The second-order valence-electron chi connectivity index (χ2n) is 3.90. The summed E-state index contributed by atoms with van der Waals surface area (Å²) in [6.45, 7) is 0. The highest BCUT2D eigenvalue weighted by Crippen LogP contribution is 2.34. The van der Waals surface area contributed by atoms with Crippen molar-refractivity contribution in [3.8, 4) is 5.75 Å². The number of hydrogen-bond donors (Lipinski definition) is 1. The van der Waals surface area contributed by atoms with Gasteiger partial charge in [0.25, 0.3) is 0 Å². The van der Waals surface area contributed by atoms with Crippen LogP contribution in [0.1, 0.15) is 11.1 Å². The third kappa shape index (κ3) is 1.12. The van der Waals surface area contributed by atoms with Gasteiger partial charge in [-0.05, 0) is 22.4 Å². The van der Waals surface area contributed by atoms with Gasteiger partial charge in [-0.1, -0.05) is 36.5 Å². The SMILES string of the molecule is O=C1Cc2cccc3ccc(O)c(c23)C1=S. The minimum absolute atomic E-state index is 0.0866. The Kier molecular flexibility index (Phi) is 1.85. The van der Waals surface area contributed by atoms with Crippen molar-refractivity contribution < 1.29 is 9.90 Å². The monoisotopic (exact) mass is 228 g/mol. The molecule has 2 aromatic rings. The molecule has 0 saturated carbocycles. The van der Waals surface area contributed by atoms with Crippen LogP contribution in [0.3, 0.4) is 0 Å². The molecule has 0 unspecified atom stereocenters. The molecular formula is C13H8O2S. The van der Waals surface area contributed by atoms with Gasteiger partial charge >= 0.3 is 0 Å². The highest BCUT2D eigenvalue weighted by atomic mass is 32.1. The van der Waals surface area contributed by atoms with Gasteiger partial charge in [-0.3, -0.25) is 4.79 Å². The maximum absolute atomic E-state index is 11.7. The smallest absolute Gasteiger partial charge is 0.178 e. The van der Waals surface area contributed by atoms with E-state index in [1.807, 2.05) is 24.3 Å². The Morgan fingerprint density at radius 3 is 2.81 bits per heavy atom. The number of hydrogen-bond acceptors (Lipinski definition) is 3. The Morgan fingerprint density at radius 1 is 1.19 bits per heavy atom. The Morgan fingerprint density at radius 2 is 2.00 bits per heavy atom. The summed E-state index contributed by atoms with van der Waals surface area (Å²) in [5.74, 6) is 0.00880. The van der Waals surface area contributed by atoms with Gasteiger partial charge < -0.3 is 5.11 Å². The molecule has 0 aliphatic heterocycles. The lowest BCUT2D eigenvalue weighted by Crippen LogP contribution is -2.21. The predicted molar refractivity (Wildman–Crippen MR) is 66.0 cm³/mol. The van der Waals surface area contributed by atoms with Crippen LogP contribution in [0.2, 0.25) is 0 Å². The first-order valence-electron chi connectivity index (χ1n) is 4.99. The number of benzene rings is 2. The number of phenolic OH excluding ortho intramolecular Hbond substituents is 1. The standard InChI is InChI=1S/C13H8O2S/c14-9-5-4-7-2-1-3-8-6-10(15)13(16)12(9)11(7)8/h1-5,14H,6H2. The van der Waals surface area contributed by atoms with Crippen LogP contribution in [0.15, 0.2) is 30.3 Å². The number of thiocarbonyl (C=S) groups is 1. The molecule has 0 saturated heterocycles. The van der Waals surface area contributed by atoms with Gasteiger partial charge in [0.05, 0.1) is 4.86 Å². The van der Waals surface area contributed by atoms with E-state index in [-0.39, 0.29) is 16.4 Å². The van der Waals surface area contributed by atoms with Gasteiger partial charge in [-0.15, -0.1) is 0 Å². The van der Waals surface area contributed by atoms with Crippen molar-refractivity contribution in [1.29, 1.82) is 0 Å². The zero-order valence-electron chi connectivity index (χ0n) is 8.36. The molecule has 78 valence electrons. The maximum Gasteiger partial charge on any atom is 0.178 e. The van der Waals surface area contributed by atoms with Crippen LogP contribution in [-0.2, 0) is 11.2 Å². The van der Waals surface area contributed by atoms with Gasteiger partial charge in [0.2, 0.25) is 0 Å². The van der Waals surface area contributed by atoms with Crippen molar-refractivity contribution in [2.75, 3.05) is 0 Å². The molecule has 3 heteroatoms. The Bertz CT molecular complexity index is 644. The highest BCUT2D eigenvalue weighted by Gasteiger charge is 2.25. The quantitative estimate of drug-likeness (QED) is 0.703. The van der Waals surface area contributed by atoms with E-state index in [9.17, 15) is 9.90 Å². The fourth-order valence-electron chi connectivity index (χ4n) is 2.21. The van der Waals surface area contributed by atoms with Crippen molar-refractivity contribution in [3.63, 3.8) is 0 Å². The van der Waals surface area contributed by atoms with Crippen LogP contribution in [0.25, 0.3) is 10.8 Å². The minimum atomic E-state index is -0.0866. The van der Waals surface area contributed by atoms with E-state index in [1.54, 1.807) is 6.07 Å². The number of rotatable bonds is 0. The van der Waals surface area contributed by atoms with Crippen LogP contribution in [0.5, 0.6) is 5.75 Å². The molecule has 1 aliphatic carbocycles. The number of carbonyl (C=O) groups is 1. The summed E-state index contributed by atoms with van der Waals surface area (Å²) >= 11 is 5.09. The average molecular weight is 228 g/mol. The van der Waals surface area contributed by atoms with E-state index in [1.165, 1.54) is 0 Å². The lowest BCUT2D eigenvalue weighted by molar-refractivity contribution is -0.112. The van der Waals surface area contributed by atoms with Gasteiger partial charge in [-0.2, -0.15) is 0 Å². The van der Waals surface area contributed by atoms with E-state index >= 15 is 0 Å². The van der Waals surface area contributed by atoms with Gasteiger partial charge in [0, 0.05) is 12.0 Å². The minimum Gasteiger partial charge on any atom is -0.507 e. The van der Waals surface area contributed by atoms with Crippen molar-refractivity contribution in [2.24, 2.45) is 0 Å². The zero-order chi connectivity index (χ0) is 11.3. The number of Topliss-reactive ketones (excluding diaryl/α,β-unsaturated/α-hetero) is 1. The third-order valence-corrected chi connectivity index (χ3v) is 3.37. The molecule has 0 heterocycles. The summed E-state index contributed by atoms with van der Waals surface area (Å²) in [7, 11) is 0. The molecule has 1 N–H and O–H groups in total. The second-order valence-corrected chi connectivity index (χ2v) is 4.31. The number of phenols is 1. The van der Waals surface area contributed by atoms with Crippen LogP contribution in [0.4, 0.5) is 0 Å². The van der Waals surface area contributed by atoms with Gasteiger partial charge in [0.1, 0.15) is 5.75 Å². The number of ketones is 1. The van der Waals surface area contributed by atoms with Crippen LogP contribution < -0.4 is 0 Å². The summed E-state index contributed by atoms with van der Waals surface area (Å²) in [5.41, 5.74) is 1.47. The molecule has 2 nitrogen and oxygen atoms in total. The molecular weight excluding hydrogens is 220 g/mol. The Balaban J connectivity index is 2.55. The first-order chi connectivity index (χ1) is 7.68. The fourth-order valence-corrected chi connectivity index (χ4v) is 2.49. The Hall–Kier alpha value is -1.74. The summed E-state index contributed by atoms with van der Waals surface area (Å²) in [6.07, 6.45) is 0.340. The highest BCUT2D eigenvalue weighted by molar-refractivity contribution is 7.82. The molecule has 0 spiro atoms. The molecule has 1 aliphatic rings.